The fourth-order valence-electron chi connectivity index (χ4n) is 6.65. The van der Waals surface area contributed by atoms with E-state index < -0.39 is 0 Å². The van der Waals surface area contributed by atoms with E-state index in [0.717, 1.165) is 32.7 Å². The second-order valence-electron chi connectivity index (χ2n) is 11.9. The molecule has 0 unspecified atom stereocenters. The number of aromatic nitrogens is 3. The number of hydrogen-bond donors (Lipinski definition) is 0. The molecule has 47 heavy (non-hydrogen) atoms. The van der Waals surface area contributed by atoms with Crippen LogP contribution in [0, 0.1) is 0 Å². The van der Waals surface area contributed by atoms with Crippen molar-refractivity contribution in [2.75, 3.05) is 0 Å². The molecule has 0 spiro atoms. The molecular formula is C43H26ClN3. The lowest BCUT2D eigenvalue weighted by Gasteiger charge is -2.12. The second-order valence-corrected chi connectivity index (χ2v) is 12.2. The minimum atomic E-state index is 0.170. The van der Waals surface area contributed by atoms with Gasteiger partial charge in [-0.1, -0.05) is 127 Å². The third-order valence-corrected chi connectivity index (χ3v) is 9.16. The topological polar surface area (TPSA) is 38.7 Å². The van der Waals surface area contributed by atoms with Crippen LogP contribution in [0.15, 0.2) is 158 Å². The number of halogens is 1. The summed E-state index contributed by atoms with van der Waals surface area (Å²) in [5.74, 6) is 1.10. The monoisotopic (exact) mass is 619 g/mol. The average Bonchev–Trinajstić information content (AvgIpc) is 3.13. The van der Waals surface area contributed by atoms with Gasteiger partial charge >= 0.3 is 0 Å². The highest BCUT2D eigenvalue weighted by Gasteiger charge is 2.13. The average molecular weight is 620 g/mol. The lowest BCUT2D eigenvalue weighted by atomic mass is 9.92. The van der Waals surface area contributed by atoms with E-state index in [1.54, 1.807) is 0 Å². The predicted octanol–water partition coefficient (Wildman–Crippen LogP) is 11.8. The summed E-state index contributed by atoms with van der Waals surface area (Å²) in [5, 5.41) is 9.71. The summed E-state index contributed by atoms with van der Waals surface area (Å²) in [6, 6.07) is 55.7. The molecule has 0 saturated heterocycles. The standard InChI is InChI=1S/C43H26ClN3/c44-43-46-41(35-20-17-29-22-28(14-15-31(29)24-35)27-8-2-1-3-9-27)45-42(47-43)36-21-18-30-23-34(19-16-32(30)25-36)40-26-33-10-4-5-11-37(33)38-12-6-7-13-39(38)40/h1-26H. The van der Waals surface area contributed by atoms with E-state index in [1.807, 2.05) is 12.1 Å². The first kappa shape index (κ1) is 27.4. The number of hydrogen-bond acceptors (Lipinski definition) is 3. The van der Waals surface area contributed by atoms with E-state index in [2.05, 4.69) is 156 Å². The molecule has 8 aromatic carbocycles. The van der Waals surface area contributed by atoms with Gasteiger partial charge in [0.25, 0.3) is 0 Å². The minimum Gasteiger partial charge on any atom is -0.208 e. The van der Waals surface area contributed by atoms with Gasteiger partial charge in [0.1, 0.15) is 0 Å². The molecular weight excluding hydrogens is 594 g/mol. The molecule has 4 heteroatoms. The van der Waals surface area contributed by atoms with Crippen molar-refractivity contribution in [1.82, 2.24) is 15.0 Å². The third-order valence-electron chi connectivity index (χ3n) is 8.99. The summed E-state index contributed by atoms with van der Waals surface area (Å²) in [7, 11) is 0. The van der Waals surface area contributed by atoms with Gasteiger partial charge in [-0.3, -0.25) is 0 Å². The molecule has 0 saturated carbocycles. The molecule has 220 valence electrons. The fourth-order valence-corrected chi connectivity index (χ4v) is 6.81. The van der Waals surface area contributed by atoms with Crippen LogP contribution >= 0.6 is 11.6 Å². The van der Waals surface area contributed by atoms with Crippen molar-refractivity contribution in [3.05, 3.63) is 163 Å². The highest BCUT2D eigenvalue weighted by Crippen LogP contribution is 2.37. The van der Waals surface area contributed by atoms with Crippen LogP contribution < -0.4 is 0 Å². The molecule has 9 rings (SSSR count). The Morgan fingerprint density at radius 3 is 1.47 bits per heavy atom. The molecule has 0 bridgehead atoms. The summed E-state index contributed by atoms with van der Waals surface area (Å²) in [4.78, 5) is 13.9. The first-order valence-electron chi connectivity index (χ1n) is 15.6. The molecule has 0 amide bonds. The Hall–Kier alpha value is -5.90. The van der Waals surface area contributed by atoms with Crippen molar-refractivity contribution in [2.45, 2.75) is 0 Å². The van der Waals surface area contributed by atoms with Gasteiger partial charge in [-0.05, 0) is 107 Å². The molecule has 1 aromatic heterocycles. The van der Waals surface area contributed by atoms with Gasteiger partial charge < -0.3 is 0 Å². The molecule has 0 aliphatic carbocycles. The van der Waals surface area contributed by atoms with Crippen molar-refractivity contribution in [3.8, 4) is 45.0 Å². The Labute approximate surface area is 276 Å². The van der Waals surface area contributed by atoms with E-state index in [-0.39, 0.29) is 5.28 Å². The van der Waals surface area contributed by atoms with Gasteiger partial charge in [-0.15, -0.1) is 0 Å². The van der Waals surface area contributed by atoms with Crippen LogP contribution in [0.25, 0.3) is 88.1 Å². The van der Waals surface area contributed by atoms with Gasteiger partial charge in [0.15, 0.2) is 11.6 Å². The Bertz CT molecular complexity index is 2650. The third kappa shape index (κ3) is 4.98. The highest BCUT2D eigenvalue weighted by atomic mass is 35.5. The van der Waals surface area contributed by atoms with Gasteiger partial charge in [-0.25, -0.2) is 4.98 Å². The molecule has 0 radical (unpaired) electrons. The summed E-state index contributed by atoms with van der Waals surface area (Å²) in [6.45, 7) is 0. The summed E-state index contributed by atoms with van der Waals surface area (Å²) < 4.78 is 0. The zero-order valence-corrected chi connectivity index (χ0v) is 26.0. The first-order chi connectivity index (χ1) is 23.2. The van der Waals surface area contributed by atoms with Crippen LogP contribution in [0.4, 0.5) is 0 Å². The Kier molecular flexibility index (Phi) is 6.51. The maximum atomic E-state index is 6.49. The first-order valence-corrected chi connectivity index (χ1v) is 16.0. The Morgan fingerprint density at radius 2 is 0.809 bits per heavy atom. The quantitative estimate of drug-likeness (QED) is 0.184. The molecule has 9 aromatic rings. The molecule has 0 fully saturated rings. The maximum absolute atomic E-state index is 6.49. The molecule has 0 aliphatic heterocycles. The second kappa shape index (κ2) is 11.2. The summed E-state index contributed by atoms with van der Waals surface area (Å²) in [5.41, 5.74) is 6.58. The van der Waals surface area contributed by atoms with E-state index in [4.69, 9.17) is 16.6 Å². The molecule has 3 nitrogen and oxygen atoms in total. The number of benzene rings is 8. The Balaban J connectivity index is 1.07. The van der Waals surface area contributed by atoms with Crippen molar-refractivity contribution in [3.63, 3.8) is 0 Å². The number of fused-ring (bicyclic) bond motifs is 5. The van der Waals surface area contributed by atoms with E-state index in [9.17, 15) is 0 Å². The minimum absolute atomic E-state index is 0.170. The van der Waals surface area contributed by atoms with Gasteiger partial charge in [0.2, 0.25) is 5.28 Å². The van der Waals surface area contributed by atoms with Gasteiger partial charge in [0.05, 0.1) is 0 Å². The summed E-state index contributed by atoms with van der Waals surface area (Å²) in [6.07, 6.45) is 0. The van der Waals surface area contributed by atoms with Crippen LogP contribution in [-0.2, 0) is 0 Å². The summed E-state index contributed by atoms with van der Waals surface area (Å²) >= 11 is 6.49. The molecule has 0 atom stereocenters. The smallest absolute Gasteiger partial charge is 0.208 e. The van der Waals surface area contributed by atoms with E-state index in [1.165, 1.54) is 43.8 Å². The van der Waals surface area contributed by atoms with Crippen molar-refractivity contribution < 1.29 is 0 Å². The number of nitrogens with zero attached hydrogens (tertiary/aromatic N) is 3. The lowest BCUT2D eigenvalue weighted by Crippen LogP contribution is -1.97. The van der Waals surface area contributed by atoms with Crippen LogP contribution in [0.3, 0.4) is 0 Å². The maximum Gasteiger partial charge on any atom is 0.226 e. The fraction of sp³-hybridized carbons (Fsp3) is 0. The van der Waals surface area contributed by atoms with E-state index >= 15 is 0 Å². The van der Waals surface area contributed by atoms with E-state index in [0.29, 0.717) is 11.6 Å². The zero-order valence-electron chi connectivity index (χ0n) is 25.2. The van der Waals surface area contributed by atoms with Crippen LogP contribution in [0.2, 0.25) is 5.28 Å². The lowest BCUT2D eigenvalue weighted by molar-refractivity contribution is 1.07. The number of rotatable bonds is 4. The zero-order chi connectivity index (χ0) is 31.3. The van der Waals surface area contributed by atoms with Gasteiger partial charge in [-0.2, -0.15) is 9.97 Å². The predicted molar refractivity (Wildman–Crippen MR) is 197 cm³/mol. The van der Waals surface area contributed by atoms with Crippen LogP contribution in [-0.4, -0.2) is 15.0 Å². The van der Waals surface area contributed by atoms with Crippen LogP contribution in [0.1, 0.15) is 0 Å². The Morgan fingerprint density at radius 1 is 0.319 bits per heavy atom. The highest BCUT2D eigenvalue weighted by molar-refractivity contribution is 6.28. The molecule has 0 aliphatic rings. The SMILES string of the molecule is Clc1nc(-c2ccc3cc(-c4ccccc4)ccc3c2)nc(-c2ccc3cc(-c4cc5ccccc5c5ccccc45)ccc3c2)n1. The van der Waals surface area contributed by atoms with Crippen molar-refractivity contribution in [1.29, 1.82) is 0 Å². The van der Waals surface area contributed by atoms with Crippen molar-refractivity contribution in [2.24, 2.45) is 0 Å². The molecule has 0 N–H and O–H groups in total. The molecule has 1 heterocycles. The van der Waals surface area contributed by atoms with Gasteiger partial charge in [0, 0.05) is 11.1 Å². The normalized spacial score (nSPS) is 11.5. The van der Waals surface area contributed by atoms with Crippen molar-refractivity contribution >= 4 is 54.7 Å². The largest absolute Gasteiger partial charge is 0.226 e. The van der Waals surface area contributed by atoms with Crippen LogP contribution in [0.5, 0.6) is 0 Å².